The van der Waals surface area contributed by atoms with Crippen LogP contribution >= 0.6 is 27.7 Å². The molecule has 222 valence electrons. The van der Waals surface area contributed by atoms with Crippen LogP contribution in [0.15, 0.2) is 70.0 Å². The summed E-state index contributed by atoms with van der Waals surface area (Å²) in [6.45, 7) is 9.77. The SMILES string of the molecule is CCOC(=O)C(C)(C)Oc1c(C)cc([C@H]2CN(C(=O)Oc3ccc(Br)cc3)CC2C(=O)c2ccc(SC)cc2)cc1C. The fourth-order valence-electron chi connectivity index (χ4n) is 5.15. The molecule has 2 atom stereocenters. The number of ketones is 1. The zero-order chi connectivity index (χ0) is 30.6. The van der Waals surface area contributed by atoms with Crippen LogP contribution in [-0.4, -0.2) is 54.3 Å². The van der Waals surface area contributed by atoms with Gasteiger partial charge in [0.05, 0.1) is 6.61 Å². The minimum absolute atomic E-state index is 0.0225. The Balaban J connectivity index is 1.65. The van der Waals surface area contributed by atoms with Gasteiger partial charge in [-0.25, -0.2) is 9.59 Å². The lowest BCUT2D eigenvalue weighted by atomic mass is 9.82. The second kappa shape index (κ2) is 13.3. The molecule has 42 heavy (non-hydrogen) atoms. The van der Waals surface area contributed by atoms with Crippen LogP contribution in [0.2, 0.25) is 0 Å². The number of Topliss-reactive ketones (excluding diaryl/α,β-unsaturated/α-hetero) is 1. The molecule has 1 aliphatic rings. The normalized spacial score (nSPS) is 16.7. The number of hydrogen-bond acceptors (Lipinski definition) is 7. The number of hydrogen-bond donors (Lipinski definition) is 0. The fraction of sp³-hybridized carbons (Fsp3) is 0.364. The Kier molecular flexibility index (Phi) is 10.0. The average Bonchev–Trinajstić information content (AvgIpc) is 3.42. The summed E-state index contributed by atoms with van der Waals surface area (Å²) in [4.78, 5) is 42.3. The summed E-state index contributed by atoms with van der Waals surface area (Å²) in [7, 11) is 0. The number of likely N-dealkylation sites (tertiary alicyclic amines) is 1. The first-order valence-electron chi connectivity index (χ1n) is 13.8. The maximum absolute atomic E-state index is 13.9. The standard InChI is InChI=1S/C33H36BrNO6S/c1-7-39-31(37)33(4,5)41-30-20(2)16-23(17-21(30)3)27-18-35(32(38)40-25-12-10-24(34)11-13-25)19-28(27)29(36)22-8-14-26(42-6)15-9-22/h8-17,27-28H,7,18-19H2,1-6H3/t27-,28?/m1/s1. The molecule has 1 heterocycles. The van der Waals surface area contributed by atoms with Gasteiger partial charge in [0.25, 0.3) is 0 Å². The first kappa shape index (κ1) is 31.6. The molecule has 0 saturated carbocycles. The van der Waals surface area contributed by atoms with E-state index in [1.54, 1.807) is 61.7 Å². The molecule has 1 saturated heterocycles. The van der Waals surface area contributed by atoms with Gasteiger partial charge in [-0.2, -0.15) is 0 Å². The highest BCUT2D eigenvalue weighted by molar-refractivity contribution is 9.10. The molecular weight excluding hydrogens is 618 g/mol. The van der Waals surface area contributed by atoms with E-state index in [0.29, 0.717) is 23.6 Å². The Morgan fingerprint density at radius 2 is 1.60 bits per heavy atom. The molecule has 0 aliphatic carbocycles. The summed E-state index contributed by atoms with van der Waals surface area (Å²) in [5.41, 5.74) is 2.01. The van der Waals surface area contributed by atoms with Gasteiger partial charge < -0.3 is 19.1 Å². The summed E-state index contributed by atoms with van der Waals surface area (Å²) in [5, 5.41) is 0. The molecule has 0 radical (unpaired) electrons. The van der Waals surface area contributed by atoms with Crippen LogP contribution in [0.1, 0.15) is 53.7 Å². The van der Waals surface area contributed by atoms with Crippen LogP contribution in [0.25, 0.3) is 0 Å². The van der Waals surface area contributed by atoms with Gasteiger partial charge in [-0.3, -0.25) is 4.79 Å². The van der Waals surface area contributed by atoms with E-state index in [1.165, 1.54) is 0 Å². The molecule has 9 heteroatoms. The van der Waals surface area contributed by atoms with Crippen LogP contribution in [0.4, 0.5) is 4.79 Å². The molecule has 4 rings (SSSR count). The quantitative estimate of drug-likeness (QED) is 0.134. The van der Waals surface area contributed by atoms with Crippen LogP contribution in [0.3, 0.4) is 0 Å². The first-order valence-corrected chi connectivity index (χ1v) is 15.8. The predicted molar refractivity (Wildman–Crippen MR) is 168 cm³/mol. The average molecular weight is 655 g/mol. The number of nitrogens with zero attached hydrogens (tertiary/aromatic N) is 1. The predicted octanol–water partition coefficient (Wildman–Crippen LogP) is 7.61. The van der Waals surface area contributed by atoms with Crippen molar-refractivity contribution in [1.29, 1.82) is 0 Å². The van der Waals surface area contributed by atoms with Crippen molar-refractivity contribution >= 4 is 45.5 Å². The molecule has 1 fully saturated rings. The molecule has 7 nitrogen and oxygen atoms in total. The Morgan fingerprint density at radius 1 is 0.976 bits per heavy atom. The first-order chi connectivity index (χ1) is 19.9. The smallest absolute Gasteiger partial charge is 0.415 e. The molecule has 0 bridgehead atoms. The number of esters is 1. The molecule has 1 unspecified atom stereocenters. The van der Waals surface area contributed by atoms with Crippen molar-refractivity contribution in [2.75, 3.05) is 26.0 Å². The third kappa shape index (κ3) is 7.18. The molecule has 3 aromatic carbocycles. The highest BCUT2D eigenvalue weighted by Gasteiger charge is 2.42. The minimum atomic E-state index is -1.17. The van der Waals surface area contributed by atoms with E-state index >= 15 is 0 Å². The number of carbonyl (C=O) groups excluding carboxylic acids is 3. The lowest BCUT2D eigenvalue weighted by molar-refractivity contribution is -0.158. The zero-order valence-corrected chi connectivity index (χ0v) is 27.1. The van der Waals surface area contributed by atoms with E-state index in [-0.39, 0.29) is 24.9 Å². The number of aryl methyl sites for hydroxylation is 2. The van der Waals surface area contributed by atoms with E-state index in [0.717, 1.165) is 26.1 Å². The number of benzene rings is 3. The molecular formula is C33H36BrNO6S. The van der Waals surface area contributed by atoms with Gasteiger partial charge in [-0.1, -0.05) is 40.2 Å². The summed E-state index contributed by atoms with van der Waals surface area (Å²) in [6.07, 6.45) is 1.49. The minimum Gasteiger partial charge on any atom is -0.476 e. The van der Waals surface area contributed by atoms with Crippen molar-refractivity contribution in [3.05, 3.63) is 87.4 Å². The number of rotatable bonds is 9. The topological polar surface area (TPSA) is 82.1 Å². The van der Waals surface area contributed by atoms with Crippen molar-refractivity contribution in [2.45, 2.75) is 51.0 Å². The Bertz CT molecular complexity index is 1430. The Hall–Kier alpha value is -3.30. The molecule has 0 aromatic heterocycles. The van der Waals surface area contributed by atoms with Gasteiger partial charge in [-0.15, -0.1) is 11.8 Å². The molecule has 1 aliphatic heterocycles. The summed E-state index contributed by atoms with van der Waals surface area (Å²) in [6, 6.07) is 18.6. The van der Waals surface area contributed by atoms with Crippen LogP contribution in [-0.2, 0) is 9.53 Å². The number of halogens is 1. The van der Waals surface area contributed by atoms with Crippen molar-refractivity contribution in [3.63, 3.8) is 0 Å². The van der Waals surface area contributed by atoms with Crippen LogP contribution in [0, 0.1) is 19.8 Å². The number of carbonyl (C=O) groups is 3. The zero-order valence-electron chi connectivity index (χ0n) is 24.7. The van der Waals surface area contributed by atoms with Crippen LogP contribution < -0.4 is 9.47 Å². The third-order valence-corrected chi connectivity index (χ3v) is 8.62. The highest BCUT2D eigenvalue weighted by Crippen LogP contribution is 2.39. The second-order valence-electron chi connectivity index (χ2n) is 10.8. The Morgan fingerprint density at radius 3 is 2.17 bits per heavy atom. The van der Waals surface area contributed by atoms with Gasteiger partial charge in [0.1, 0.15) is 11.5 Å². The van der Waals surface area contributed by atoms with Crippen molar-refractivity contribution < 1.29 is 28.6 Å². The molecule has 3 aromatic rings. The molecule has 0 spiro atoms. The summed E-state index contributed by atoms with van der Waals surface area (Å²) in [5.74, 6) is -0.173. The van der Waals surface area contributed by atoms with Gasteiger partial charge >= 0.3 is 12.1 Å². The number of amides is 1. The van der Waals surface area contributed by atoms with Gasteiger partial charge in [-0.05, 0) is 94.0 Å². The van der Waals surface area contributed by atoms with Crippen LogP contribution in [0.5, 0.6) is 11.5 Å². The van der Waals surface area contributed by atoms with E-state index in [2.05, 4.69) is 15.9 Å². The second-order valence-corrected chi connectivity index (χ2v) is 12.6. The van der Waals surface area contributed by atoms with Gasteiger partial charge in [0, 0.05) is 39.9 Å². The van der Waals surface area contributed by atoms with Crippen molar-refractivity contribution in [1.82, 2.24) is 4.90 Å². The van der Waals surface area contributed by atoms with E-state index in [4.69, 9.17) is 14.2 Å². The van der Waals surface area contributed by atoms with Crippen molar-refractivity contribution in [3.8, 4) is 11.5 Å². The van der Waals surface area contributed by atoms with Gasteiger partial charge in [0.15, 0.2) is 11.4 Å². The maximum Gasteiger partial charge on any atom is 0.415 e. The van der Waals surface area contributed by atoms with Crippen molar-refractivity contribution in [2.24, 2.45) is 5.92 Å². The number of thioether (sulfide) groups is 1. The maximum atomic E-state index is 13.9. The molecule has 1 amide bonds. The highest BCUT2D eigenvalue weighted by atomic mass is 79.9. The lowest BCUT2D eigenvalue weighted by Crippen LogP contribution is -2.40. The molecule has 0 N–H and O–H groups in total. The third-order valence-electron chi connectivity index (χ3n) is 7.34. The largest absolute Gasteiger partial charge is 0.476 e. The van der Waals surface area contributed by atoms with E-state index < -0.39 is 23.6 Å². The van der Waals surface area contributed by atoms with E-state index in [9.17, 15) is 14.4 Å². The Labute approximate surface area is 260 Å². The summed E-state index contributed by atoms with van der Waals surface area (Å²) < 4.78 is 17.9. The van der Waals surface area contributed by atoms with E-state index in [1.807, 2.05) is 56.5 Å². The fourth-order valence-corrected chi connectivity index (χ4v) is 5.83. The number of ether oxygens (including phenoxy) is 3. The monoisotopic (exact) mass is 653 g/mol. The summed E-state index contributed by atoms with van der Waals surface area (Å²) >= 11 is 5.00. The lowest BCUT2D eigenvalue weighted by Gasteiger charge is -2.27. The van der Waals surface area contributed by atoms with Gasteiger partial charge in [0.2, 0.25) is 0 Å².